The van der Waals surface area contributed by atoms with E-state index in [9.17, 15) is 9.18 Å². The number of ether oxygens (including phenoxy) is 1. The third kappa shape index (κ3) is 4.20. The normalized spacial score (nSPS) is 10.6. The number of nitrogens with zero attached hydrogens (tertiary/aromatic N) is 1. The van der Waals surface area contributed by atoms with E-state index in [2.05, 4.69) is 5.16 Å². The van der Waals surface area contributed by atoms with Crippen LogP contribution in [0.15, 0.2) is 59.1 Å². The molecular formula is C18H13ClFNO3. The zero-order valence-corrected chi connectivity index (χ0v) is 13.3. The van der Waals surface area contributed by atoms with E-state index in [1.165, 1.54) is 12.1 Å². The lowest BCUT2D eigenvalue weighted by atomic mass is 10.1. The van der Waals surface area contributed by atoms with E-state index in [1.807, 2.05) is 0 Å². The molecule has 0 bridgehead atoms. The van der Waals surface area contributed by atoms with Crippen LogP contribution in [-0.4, -0.2) is 11.1 Å². The van der Waals surface area contributed by atoms with E-state index in [-0.39, 0.29) is 24.8 Å². The highest BCUT2D eigenvalue weighted by atomic mass is 35.5. The van der Waals surface area contributed by atoms with Crippen molar-refractivity contribution in [3.05, 3.63) is 76.7 Å². The van der Waals surface area contributed by atoms with Crippen LogP contribution >= 0.6 is 11.6 Å². The molecule has 4 nitrogen and oxygen atoms in total. The van der Waals surface area contributed by atoms with E-state index in [0.717, 1.165) is 5.56 Å². The van der Waals surface area contributed by atoms with E-state index >= 15 is 0 Å². The predicted octanol–water partition coefficient (Wildman–Crippen LogP) is 4.42. The summed E-state index contributed by atoms with van der Waals surface area (Å²) in [6.45, 7) is 0.0110. The third-order valence-corrected chi connectivity index (χ3v) is 3.58. The number of benzene rings is 2. The van der Waals surface area contributed by atoms with Crippen molar-refractivity contribution < 1.29 is 18.4 Å². The Balaban J connectivity index is 1.56. The number of hydrogen-bond acceptors (Lipinski definition) is 4. The van der Waals surface area contributed by atoms with Crippen LogP contribution in [-0.2, 0) is 22.6 Å². The molecule has 1 heterocycles. The topological polar surface area (TPSA) is 52.3 Å². The molecule has 3 rings (SSSR count). The number of esters is 1. The van der Waals surface area contributed by atoms with Crippen molar-refractivity contribution in [2.24, 2.45) is 0 Å². The van der Waals surface area contributed by atoms with Gasteiger partial charge in [-0.25, -0.2) is 4.39 Å². The zero-order chi connectivity index (χ0) is 16.9. The average Bonchev–Trinajstić information content (AvgIpc) is 3.05. The van der Waals surface area contributed by atoms with Crippen molar-refractivity contribution >= 4 is 17.6 Å². The van der Waals surface area contributed by atoms with Crippen molar-refractivity contribution in [2.45, 2.75) is 13.0 Å². The number of aromatic nitrogens is 1. The summed E-state index contributed by atoms with van der Waals surface area (Å²) in [4.78, 5) is 11.8. The predicted molar refractivity (Wildman–Crippen MR) is 86.8 cm³/mol. The second kappa shape index (κ2) is 7.27. The maximum atomic E-state index is 12.9. The van der Waals surface area contributed by atoms with Gasteiger partial charge in [0.1, 0.15) is 18.1 Å². The van der Waals surface area contributed by atoms with Crippen LogP contribution < -0.4 is 0 Å². The fourth-order valence-corrected chi connectivity index (χ4v) is 2.23. The summed E-state index contributed by atoms with van der Waals surface area (Å²) < 4.78 is 23.3. The van der Waals surface area contributed by atoms with Crippen LogP contribution in [0.2, 0.25) is 5.02 Å². The van der Waals surface area contributed by atoms with Gasteiger partial charge in [0.2, 0.25) is 0 Å². The average molecular weight is 346 g/mol. The molecule has 0 fully saturated rings. The highest BCUT2D eigenvalue weighted by Gasteiger charge is 2.10. The molecular weight excluding hydrogens is 333 g/mol. The van der Waals surface area contributed by atoms with Gasteiger partial charge < -0.3 is 9.26 Å². The molecule has 0 N–H and O–H groups in total. The lowest BCUT2D eigenvalue weighted by Crippen LogP contribution is -2.08. The third-order valence-electron chi connectivity index (χ3n) is 3.33. The van der Waals surface area contributed by atoms with Gasteiger partial charge in [-0.1, -0.05) is 28.9 Å². The SMILES string of the molecule is O=C(Cc1ccc(Cl)cc1)OCc1cc(-c2ccc(F)cc2)on1. The summed E-state index contributed by atoms with van der Waals surface area (Å²) in [5.74, 6) is -0.211. The fourth-order valence-electron chi connectivity index (χ4n) is 2.10. The molecule has 1 aromatic heterocycles. The summed E-state index contributed by atoms with van der Waals surface area (Å²) in [6.07, 6.45) is 0.153. The first-order chi connectivity index (χ1) is 11.6. The van der Waals surface area contributed by atoms with E-state index in [4.69, 9.17) is 20.9 Å². The quantitative estimate of drug-likeness (QED) is 0.642. The molecule has 122 valence electrons. The Labute approximate surface area is 142 Å². The van der Waals surface area contributed by atoms with Gasteiger partial charge in [0.15, 0.2) is 5.76 Å². The lowest BCUT2D eigenvalue weighted by Gasteiger charge is -2.02. The van der Waals surface area contributed by atoms with Crippen LogP contribution in [0.25, 0.3) is 11.3 Å². The second-order valence-corrected chi connectivity index (χ2v) is 5.59. The number of carbonyl (C=O) groups is 1. The Bertz CT molecular complexity index is 828. The number of carbonyl (C=O) groups excluding carboxylic acids is 1. The van der Waals surface area contributed by atoms with E-state index in [1.54, 1.807) is 42.5 Å². The lowest BCUT2D eigenvalue weighted by molar-refractivity contribution is -0.144. The van der Waals surface area contributed by atoms with Gasteiger partial charge in [0.25, 0.3) is 0 Å². The molecule has 3 aromatic rings. The zero-order valence-electron chi connectivity index (χ0n) is 12.5. The maximum absolute atomic E-state index is 12.9. The Morgan fingerprint density at radius 1 is 1.12 bits per heavy atom. The van der Waals surface area contributed by atoms with Gasteiger partial charge >= 0.3 is 5.97 Å². The summed E-state index contributed by atoms with van der Waals surface area (Å²) in [5, 5.41) is 4.46. The summed E-state index contributed by atoms with van der Waals surface area (Å²) in [7, 11) is 0. The molecule has 0 aliphatic carbocycles. The number of halogens is 2. The van der Waals surface area contributed by atoms with Gasteiger partial charge in [-0.05, 0) is 42.0 Å². The standard InChI is InChI=1S/C18H13ClFNO3/c19-14-5-1-12(2-6-14)9-18(22)23-11-16-10-17(24-21-16)13-3-7-15(20)8-4-13/h1-8,10H,9,11H2. The van der Waals surface area contributed by atoms with Crippen LogP contribution in [0.5, 0.6) is 0 Å². The highest BCUT2D eigenvalue weighted by molar-refractivity contribution is 6.30. The minimum Gasteiger partial charge on any atom is -0.459 e. The molecule has 0 aliphatic heterocycles. The first-order valence-corrected chi connectivity index (χ1v) is 7.59. The summed E-state index contributed by atoms with van der Waals surface area (Å²) in [6, 6.07) is 14.5. The van der Waals surface area contributed by atoms with Crippen molar-refractivity contribution in [2.75, 3.05) is 0 Å². The summed E-state index contributed by atoms with van der Waals surface area (Å²) in [5.41, 5.74) is 2.00. The van der Waals surface area contributed by atoms with Gasteiger partial charge in [-0.3, -0.25) is 4.79 Å². The smallest absolute Gasteiger partial charge is 0.310 e. The summed E-state index contributed by atoms with van der Waals surface area (Å²) >= 11 is 5.80. The molecule has 24 heavy (non-hydrogen) atoms. The molecule has 0 amide bonds. The second-order valence-electron chi connectivity index (χ2n) is 5.15. The minimum absolute atomic E-state index is 0.0110. The van der Waals surface area contributed by atoms with Gasteiger partial charge in [-0.2, -0.15) is 0 Å². The van der Waals surface area contributed by atoms with Gasteiger partial charge in [0.05, 0.1) is 6.42 Å². The molecule has 0 atom stereocenters. The van der Waals surface area contributed by atoms with Crippen molar-refractivity contribution in [3.63, 3.8) is 0 Å². The van der Waals surface area contributed by atoms with Crippen LogP contribution in [0.4, 0.5) is 4.39 Å². The monoisotopic (exact) mass is 345 g/mol. The van der Waals surface area contributed by atoms with Crippen molar-refractivity contribution in [3.8, 4) is 11.3 Å². The number of hydrogen-bond donors (Lipinski definition) is 0. The van der Waals surface area contributed by atoms with Crippen LogP contribution in [0.1, 0.15) is 11.3 Å². The van der Waals surface area contributed by atoms with E-state index in [0.29, 0.717) is 22.0 Å². The Morgan fingerprint density at radius 2 is 1.83 bits per heavy atom. The largest absolute Gasteiger partial charge is 0.459 e. The first-order valence-electron chi connectivity index (χ1n) is 7.22. The Kier molecular flexibility index (Phi) is 4.91. The Morgan fingerprint density at radius 3 is 2.54 bits per heavy atom. The highest BCUT2D eigenvalue weighted by Crippen LogP contribution is 2.21. The first kappa shape index (κ1) is 16.2. The molecule has 0 saturated carbocycles. The van der Waals surface area contributed by atoms with Crippen LogP contribution in [0, 0.1) is 5.82 Å². The number of rotatable bonds is 5. The van der Waals surface area contributed by atoms with Crippen molar-refractivity contribution in [1.82, 2.24) is 5.16 Å². The molecule has 0 saturated heterocycles. The molecule has 0 aliphatic rings. The molecule has 0 unspecified atom stereocenters. The molecule has 0 radical (unpaired) electrons. The molecule has 2 aromatic carbocycles. The maximum Gasteiger partial charge on any atom is 0.310 e. The molecule has 6 heteroatoms. The van der Waals surface area contributed by atoms with E-state index < -0.39 is 0 Å². The van der Waals surface area contributed by atoms with Gasteiger partial charge in [-0.15, -0.1) is 0 Å². The minimum atomic E-state index is -0.372. The Hall–Kier alpha value is -2.66. The van der Waals surface area contributed by atoms with Crippen LogP contribution in [0.3, 0.4) is 0 Å². The fraction of sp³-hybridized carbons (Fsp3) is 0.111. The van der Waals surface area contributed by atoms with Gasteiger partial charge in [0, 0.05) is 16.7 Å². The molecule has 0 spiro atoms. The van der Waals surface area contributed by atoms with Crippen molar-refractivity contribution in [1.29, 1.82) is 0 Å².